The number of aromatic hydroxyl groups is 1. The minimum absolute atomic E-state index is 0.000970. The van der Waals surface area contributed by atoms with Crippen molar-refractivity contribution >= 4 is 21.6 Å². The molecule has 0 spiro atoms. The lowest BCUT2D eigenvalue weighted by atomic mass is 10.1. The second kappa shape index (κ2) is 5.97. The standard InChI is InChI=1S/C15H13BrF3NO/c1-9-2-5-14(21)10(6-9)8-20-11-3-4-13(16)12(7-11)15(17,18)19/h2-7,20-21H,8H2,1H3. The summed E-state index contributed by atoms with van der Waals surface area (Å²) in [6, 6.07) is 9.05. The maximum atomic E-state index is 12.8. The fourth-order valence-corrected chi connectivity index (χ4v) is 2.38. The summed E-state index contributed by atoms with van der Waals surface area (Å²) < 4.78 is 38.4. The van der Waals surface area contributed by atoms with E-state index in [-0.39, 0.29) is 16.8 Å². The van der Waals surface area contributed by atoms with E-state index >= 15 is 0 Å². The van der Waals surface area contributed by atoms with E-state index in [0.29, 0.717) is 11.3 Å². The number of aryl methyl sites for hydroxylation is 1. The molecule has 0 bridgehead atoms. The molecule has 0 aliphatic heterocycles. The molecule has 112 valence electrons. The van der Waals surface area contributed by atoms with Crippen LogP contribution in [0.1, 0.15) is 16.7 Å². The van der Waals surface area contributed by atoms with Crippen LogP contribution < -0.4 is 5.32 Å². The zero-order valence-electron chi connectivity index (χ0n) is 11.1. The lowest BCUT2D eigenvalue weighted by Crippen LogP contribution is -2.08. The normalized spacial score (nSPS) is 11.5. The second-order valence-corrected chi connectivity index (χ2v) is 5.53. The van der Waals surface area contributed by atoms with Gasteiger partial charge in [0.25, 0.3) is 0 Å². The van der Waals surface area contributed by atoms with Crippen LogP contribution in [0.3, 0.4) is 0 Å². The van der Waals surface area contributed by atoms with Crippen molar-refractivity contribution in [1.29, 1.82) is 0 Å². The third-order valence-corrected chi connectivity index (χ3v) is 3.68. The highest BCUT2D eigenvalue weighted by Gasteiger charge is 2.33. The van der Waals surface area contributed by atoms with Gasteiger partial charge in [-0.05, 0) is 31.2 Å². The SMILES string of the molecule is Cc1ccc(O)c(CNc2ccc(Br)c(C(F)(F)F)c2)c1. The molecule has 0 radical (unpaired) electrons. The van der Waals surface area contributed by atoms with Gasteiger partial charge in [0.15, 0.2) is 0 Å². The molecule has 0 atom stereocenters. The van der Waals surface area contributed by atoms with Crippen LogP contribution in [0.15, 0.2) is 40.9 Å². The summed E-state index contributed by atoms with van der Waals surface area (Å²) in [5.41, 5.74) is 1.20. The molecule has 0 aliphatic carbocycles. The highest BCUT2D eigenvalue weighted by atomic mass is 79.9. The molecule has 0 aliphatic rings. The number of rotatable bonds is 3. The molecule has 0 amide bonds. The number of halogens is 4. The predicted molar refractivity (Wildman–Crippen MR) is 79.3 cm³/mol. The van der Waals surface area contributed by atoms with E-state index in [2.05, 4.69) is 21.2 Å². The van der Waals surface area contributed by atoms with Gasteiger partial charge in [-0.3, -0.25) is 0 Å². The van der Waals surface area contributed by atoms with Gasteiger partial charge in [-0.1, -0.05) is 33.6 Å². The zero-order valence-corrected chi connectivity index (χ0v) is 12.7. The molecule has 2 N–H and O–H groups in total. The summed E-state index contributed by atoms with van der Waals surface area (Å²) in [6.07, 6.45) is -4.41. The fraction of sp³-hybridized carbons (Fsp3) is 0.200. The molecule has 2 nitrogen and oxygen atoms in total. The maximum absolute atomic E-state index is 12.8. The van der Waals surface area contributed by atoms with Crippen molar-refractivity contribution in [3.05, 3.63) is 57.6 Å². The predicted octanol–water partition coefficient (Wildman–Crippen LogP) is 5.09. The highest BCUT2D eigenvalue weighted by molar-refractivity contribution is 9.10. The Labute approximate surface area is 128 Å². The monoisotopic (exact) mass is 359 g/mol. The molecule has 2 rings (SSSR count). The van der Waals surface area contributed by atoms with E-state index in [1.807, 2.05) is 6.92 Å². The van der Waals surface area contributed by atoms with E-state index in [1.165, 1.54) is 6.07 Å². The van der Waals surface area contributed by atoms with Gasteiger partial charge >= 0.3 is 6.18 Å². The smallest absolute Gasteiger partial charge is 0.417 e. The van der Waals surface area contributed by atoms with Gasteiger partial charge in [-0.25, -0.2) is 0 Å². The Morgan fingerprint density at radius 3 is 2.52 bits per heavy atom. The van der Waals surface area contributed by atoms with Crippen molar-refractivity contribution in [2.75, 3.05) is 5.32 Å². The average Bonchev–Trinajstić information content (AvgIpc) is 2.40. The Morgan fingerprint density at radius 2 is 1.86 bits per heavy atom. The lowest BCUT2D eigenvalue weighted by Gasteiger charge is -2.13. The van der Waals surface area contributed by atoms with Crippen molar-refractivity contribution in [3.63, 3.8) is 0 Å². The third kappa shape index (κ3) is 3.91. The second-order valence-electron chi connectivity index (χ2n) is 4.68. The van der Waals surface area contributed by atoms with Crippen molar-refractivity contribution in [2.24, 2.45) is 0 Å². The van der Waals surface area contributed by atoms with Gasteiger partial charge in [-0.15, -0.1) is 0 Å². The Kier molecular flexibility index (Phi) is 4.46. The number of benzene rings is 2. The highest BCUT2D eigenvalue weighted by Crippen LogP contribution is 2.36. The fourth-order valence-electron chi connectivity index (χ4n) is 1.91. The van der Waals surface area contributed by atoms with Crippen molar-refractivity contribution in [2.45, 2.75) is 19.6 Å². The summed E-state index contributed by atoms with van der Waals surface area (Å²) in [4.78, 5) is 0. The van der Waals surface area contributed by atoms with Crippen molar-refractivity contribution in [1.82, 2.24) is 0 Å². The Balaban J connectivity index is 2.19. The lowest BCUT2D eigenvalue weighted by molar-refractivity contribution is -0.138. The number of phenols is 1. The molecule has 0 unspecified atom stereocenters. The quantitative estimate of drug-likeness (QED) is 0.799. The Hall–Kier alpha value is -1.69. The molecule has 0 aromatic heterocycles. The molecular formula is C15H13BrF3NO. The first-order valence-corrected chi connectivity index (χ1v) is 6.96. The molecule has 21 heavy (non-hydrogen) atoms. The van der Waals surface area contributed by atoms with E-state index in [0.717, 1.165) is 11.6 Å². The van der Waals surface area contributed by atoms with E-state index in [9.17, 15) is 18.3 Å². The number of phenolic OH excluding ortho intramolecular Hbond substituents is 1. The summed E-state index contributed by atoms with van der Waals surface area (Å²) in [5, 5.41) is 12.6. The van der Waals surface area contributed by atoms with Crippen LogP contribution in [0.25, 0.3) is 0 Å². The topological polar surface area (TPSA) is 32.3 Å². The zero-order chi connectivity index (χ0) is 15.6. The van der Waals surface area contributed by atoms with Crippen molar-refractivity contribution < 1.29 is 18.3 Å². The Morgan fingerprint density at radius 1 is 1.14 bits per heavy atom. The van der Waals surface area contributed by atoms with E-state index in [1.54, 1.807) is 24.3 Å². The number of hydrogen-bond donors (Lipinski definition) is 2. The minimum atomic E-state index is -4.41. The minimum Gasteiger partial charge on any atom is -0.508 e. The molecular weight excluding hydrogens is 347 g/mol. The van der Waals surface area contributed by atoms with Crippen LogP contribution in [0, 0.1) is 6.92 Å². The van der Waals surface area contributed by atoms with Crippen LogP contribution in [0.5, 0.6) is 5.75 Å². The van der Waals surface area contributed by atoms with E-state index in [4.69, 9.17) is 0 Å². The van der Waals surface area contributed by atoms with Gasteiger partial charge in [0.2, 0.25) is 0 Å². The molecule has 0 saturated carbocycles. The summed E-state index contributed by atoms with van der Waals surface area (Å²) >= 11 is 2.90. The number of alkyl halides is 3. The number of nitrogens with one attached hydrogen (secondary N) is 1. The van der Waals surface area contributed by atoms with Crippen molar-refractivity contribution in [3.8, 4) is 5.75 Å². The van der Waals surface area contributed by atoms with Gasteiger partial charge in [0.05, 0.1) is 5.56 Å². The van der Waals surface area contributed by atoms with Gasteiger partial charge in [0.1, 0.15) is 5.75 Å². The van der Waals surface area contributed by atoms with E-state index < -0.39 is 11.7 Å². The molecule has 2 aromatic rings. The van der Waals surface area contributed by atoms with Crippen LogP contribution in [0.2, 0.25) is 0 Å². The van der Waals surface area contributed by atoms with Gasteiger partial charge in [-0.2, -0.15) is 13.2 Å². The van der Waals surface area contributed by atoms with Crippen LogP contribution in [0.4, 0.5) is 18.9 Å². The molecule has 6 heteroatoms. The van der Waals surface area contributed by atoms with Crippen LogP contribution >= 0.6 is 15.9 Å². The first kappa shape index (κ1) is 15.7. The molecule has 0 fully saturated rings. The molecule has 0 saturated heterocycles. The Bertz CT molecular complexity index is 656. The van der Waals surface area contributed by atoms with Crippen LogP contribution in [-0.2, 0) is 12.7 Å². The molecule has 2 aromatic carbocycles. The first-order chi connectivity index (χ1) is 9.77. The number of hydrogen-bond acceptors (Lipinski definition) is 2. The first-order valence-electron chi connectivity index (χ1n) is 6.16. The molecule has 0 heterocycles. The summed E-state index contributed by atoms with van der Waals surface area (Å²) in [7, 11) is 0. The third-order valence-electron chi connectivity index (χ3n) is 2.99. The largest absolute Gasteiger partial charge is 0.508 e. The number of anilines is 1. The van der Waals surface area contributed by atoms with Crippen LogP contribution in [-0.4, -0.2) is 5.11 Å². The average molecular weight is 360 g/mol. The van der Waals surface area contributed by atoms with Gasteiger partial charge < -0.3 is 10.4 Å². The van der Waals surface area contributed by atoms with Gasteiger partial charge in [0, 0.05) is 22.3 Å². The maximum Gasteiger partial charge on any atom is 0.417 e. The summed E-state index contributed by atoms with van der Waals surface area (Å²) in [5.74, 6) is 0.112. The summed E-state index contributed by atoms with van der Waals surface area (Å²) in [6.45, 7) is 2.12.